The average molecular weight is 556 g/mol. The Hall–Kier alpha value is -3.98. The number of fused-ring (bicyclic) bond motifs is 1. The lowest BCUT2D eigenvalue weighted by Gasteiger charge is -2.26. The van der Waals surface area contributed by atoms with E-state index >= 15 is 0 Å². The highest BCUT2D eigenvalue weighted by Crippen LogP contribution is 2.33. The Kier molecular flexibility index (Phi) is 8.50. The Morgan fingerprint density at radius 1 is 1.00 bits per heavy atom. The summed E-state index contributed by atoms with van der Waals surface area (Å²) in [5, 5.41) is 2.85. The fourth-order valence-corrected chi connectivity index (χ4v) is 4.95. The largest absolute Gasteiger partial charge is 0.389 e. The fourth-order valence-electron chi connectivity index (χ4n) is 4.71. The monoisotopic (exact) mass is 555 g/mol. The Morgan fingerprint density at radius 3 is 2.26 bits per heavy atom. The maximum Gasteiger partial charge on any atom is 0.389 e. The summed E-state index contributed by atoms with van der Waals surface area (Å²) in [5.41, 5.74) is 8.07. The van der Waals surface area contributed by atoms with Crippen molar-refractivity contribution in [2.24, 2.45) is 16.6 Å². The first-order valence-electron chi connectivity index (χ1n) is 12.2. The molecule has 6 nitrogen and oxygen atoms in total. The van der Waals surface area contributed by atoms with Crippen molar-refractivity contribution in [3.63, 3.8) is 0 Å². The van der Waals surface area contributed by atoms with Crippen molar-refractivity contribution >= 4 is 34.9 Å². The number of aliphatic imine (C=N–C) groups is 1. The summed E-state index contributed by atoms with van der Waals surface area (Å²) in [6, 6.07) is 21.9. The van der Waals surface area contributed by atoms with Gasteiger partial charge in [0.05, 0.1) is 17.5 Å². The first-order valence-corrected chi connectivity index (χ1v) is 12.6. The number of carbonyl (C=O) groups excluding carboxylic acids is 3. The van der Waals surface area contributed by atoms with Crippen LogP contribution in [0.25, 0.3) is 0 Å². The van der Waals surface area contributed by atoms with Gasteiger partial charge in [0.1, 0.15) is 0 Å². The van der Waals surface area contributed by atoms with E-state index in [1.165, 1.54) is 12.1 Å². The number of hydrogen-bond donors (Lipinski definition) is 2. The summed E-state index contributed by atoms with van der Waals surface area (Å²) in [4.78, 5) is 43.9. The van der Waals surface area contributed by atoms with E-state index in [0.717, 1.165) is 0 Å². The molecule has 0 aliphatic carbocycles. The van der Waals surface area contributed by atoms with Crippen LogP contribution >= 0.6 is 11.6 Å². The van der Waals surface area contributed by atoms with Gasteiger partial charge in [0.25, 0.3) is 0 Å². The lowest BCUT2D eigenvalue weighted by molar-refractivity contribution is -0.144. The highest BCUT2D eigenvalue weighted by atomic mass is 35.5. The number of nitrogens with one attached hydrogen (secondary N) is 1. The van der Waals surface area contributed by atoms with Crippen molar-refractivity contribution in [2.75, 3.05) is 0 Å². The lowest BCUT2D eigenvalue weighted by Crippen LogP contribution is -2.46. The summed E-state index contributed by atoms with van der Waals surface area (Å²) in [6.45, 7) is 0. The van der Waals surface area contributed by atoms with Crippen LogP contribution in [0.15, 0.2) is 83.9 Å². The molecule has 1 aliphatic heterocycles. The van der Waals surface area contributed by atoms with E-state index in [4.69, 9.17) is 17.3 Å². The molecule has 0 radical (unpaired) electrons. The van der Waals surface area contributed by atoms with E-state index in [-0.39, 0.29) is 6.42 Å². The zero-order valence-electron chi connectivity index (χ0n) is 20.6. The van der Waals surface area contributed by atoms with Gasteiger partial charge in [-0.3, -0.25) is 19.4 Å². The first kappa shape index (κ1) is 28.0. The Balaban J connectivity index is 1.73. The van der Waals surface area contributed by atoms with Crippen LogP contribution < -0.4 is 11.1 Å². The minimum Gasteiger partial charge on any atom is -0.369 e. The molecule has 0 saturated heterocycles. The molecular weight excluding hydrogens is 531 g/mol. The molecule has 0 bridgehead atoms. The van der Waals surface area contributed by atoms with Gasteiger partial charge in [0, 0.05) is 29.0 Å². The molecule has 10 heteroatoms. The second kappa shape index (κ2) is 11.8. The molecule has 39 heavy (non-hydrogen) atoms. The molecule has 3 aromatic carbocycles. The van der Waals surface area contributed by atoms with Crippen LogP contribution in [0.1, 0.15) is 41.0 Å². The van der Waals surface area contributed by atoms with Gasteiger partial charge in [0.15, 0.2) is 11.9 Å². The number of ketones is 1. The van der Waals surface area contributed by atoms with E-state index in [2.05, 4.69) is 10.3 Å². The van der Waals surface area contributed by atoms with Gasteiger partial charge in [-0.1, -0.05) is 84.4 Å². The van der Waals surface area contributed by atoms with E-state index in [0.29, 0.717) is 33.0 Å². The van der Waals surface area contributed by atoms with Gasteiger partial charge in [-0.05, 0) is 23.6 Å². The van der Waals surface area contributed by atoms with Crippen molar-refractivity contribution in [1.29, 1.82) is 0 Å². The minimum absolute atomic E-state index is 0.162. The van der Waals surface area contributed by atoms with E-state index < -0.39 is 54.6 Å². The molecule has 4 rings (SSSR count). The maximum atomic E-state index is 13.6. The van der Waals surface area contributed by atoms with Crippen molar-refractivity contribution < 1.29 is 27.6 Å². The smallest absolute Gasteiger partial charge is 0.369 e. The van der Waals surface area contributed by atoms with Gasteiger partial charge in [-0.2, -0.15) is 13.2 Å². The fraction of sp³-hybridized carbons (Fsp3) is 0.241. The van der Waals surface area contributed by atoms with Gasteiger partial charge in [-0.25, -0.2) is 0 Å². The number of nitrogens with zero attached hydrogens (tertiary/aromatic N) is 1. The number of primary amides is 1. The van der Waals surface area contributed by atoms with Crippen LogP contribution in [0.2, 0.25) is 5.02 Å². The van der Waals surface area contributed by atoms with Crippen LogP contribution in [0, 0.1) is 5.92 Å². The second-order valence-corrected chi connectivity index (χ2v) is 9.62. The van der Waals surface area contributed by atoms with Crippen molar-refractivity contribution in [3.05, 3.63) is 106 Å². The second-order valence-electron chi connectivity index (χ2n) is 9.21. The number of nitrogens with two attached hydrogens (primary N) is 1. The molecule has 3 N–H and O–H groups in total. The Morgan fingerprint density at radius 2 is 1.64 bits per heavy atom. The first-order chi connectivity index (χ1) is 18.5. The molecule has 3 atom stereocenters. The van der Waals surface area contributed by atoms with Gasteiger partial charge < -0.3 is 11.1 Å². The maximum absolute atomic E-state index is 13.6. The molecule has 0 saturated carbocycles. The molecule has 3 aromatic rings. The van der Waals surface area contributed by atoms with Gasteiger partial charge in [-0.15, -0.1) is 0 Å². The molecule has 1 heterocycles. The molecule has 202 valence electrons. The number of Topliss-reactive ketones (excluding diaryl/α,β-unsaturated/α-hetero) is 1. The molecule has 0 fully saturated rings. The number of rotatable bonds is 8. The van der Waals surface area contributed by atoms with E-state index in [1.54, 1.807) is 60.7 Å². The van der Waals surface area contributed by atoms with Gasteiger partial charge in [0.2, 0.25) is 11.8 Å². The average Bonchev–Trinajstić information content (AvgIpc) is 3.04. The number of amides is 2. The van der Waals surface area contributed by atoms with Crippen LogP contribution in [-0.2, 0) is 20.8 Å². The number of alkyl halides is 3. The minimum atomic E-state index is -4.58. The van der Waals surface area contributed by atoms with Gasteiger partial charge >= 0.3 is 6.18 Å². The lowest BCUT2D eigenvalue weighted by atomic mass is 9.81. The highest BCUT2D eigenvalue weighted by molar-refractivity contribution is 6.32. The summed E-state index contributed by atoms with van der Waals surface area (Å²) in [5.74, 6) is -5.24. The third-order valence-electron chi connectivity index (χ3n) is 6.56. The Labute approximate surface area is 228 Å². The molecule has 0 spiro atoms. The molecule has 1 aliphatic rings. The van der Waals surface area contributed by atoms with E-state index in [1.807, 2.05) is 6.07 Å². The predicted octanol–water partition coefficient (Wildman–Crippen LogP) is 4.97. The Bertz CT molecular complexity index is 1400. The normalized spacial score (nSPS) is 16.9. The van der Waals surface area contributed by atoms with Crippen LogP contribution in [0.5, 0.6) is 0 Å². The summed E-state index contributed by atoms with van der Waals surface area (Å²) in [7, 11) is 0. The van der Waals surface area contributed by atoms with Crippen LogP contribution in [0.3, 0.4) is 0 Å². The van der Waals surface area contributed by atoms with Crippen LogP contribution in [0.4, 0.5) is 13.2 Å². The van der Waals surface area contributed by atoms with Crippen molar-refractivity contribution in [1.82, 2.24) is 5.32 Å². The SMILES string of the molecule is NC(=O)[C@@H](c1ccccc1)[C@@H](CCC(F)(F)F)C(=O)N[C@H]1N=C(c2ccccc2)c2cccc(Cl)c2CC1=O. The van der Waals surface area contributed by atoms with Crippen LogP contribution in [-0.4, -0.2) is 35.7 Å². The molecule has 0 aromatic heterocycles. The molecular formula is C29H25ClF3N3O3. The topological polar surface area (TPSA) is 102 Å². The predicted molar refractivity (Wildman–Crippen MR) is 141 cm³/mol. The summed E-state index contributed by atoms with van der Waals surface area (Å²) < 4.78 is 39.6. The summed E-state index contributed by atoms with van der Waals surface area (Å²) >= 11 is 6.41. The zero-order valence-corrected chi connectivity index (χ0v) is 21.4. The quantitative estimate of drug-likeness (QED) is 0.410. The van der Waals surface area contributed by atoms with Crippen molar-refractivity contribution in [2.45, 2.75) is 37.5 Å². The van der Waals surface area contributed by atoms with E-state index in [9.17, 15) is 27.6 Å². The summed E-state index contributed by atoms with van der Waals surface area (Å²) in [6.07, 6.45) is -8.19. The third kappa shape index (κ3) is 6.72. The number of carbonyl (C=O) groups is 3. The third-order valence-corrected chi connectivity index (χ3v) is 6.91. The zero-order chi connectivity index (χ0) is 28.2. The van der Waals surface area contributed by atoms with Crippen molar-refractivity contribution in [3.8, 4) is 0 Å². The standard InChI is InChI=1S/C29H25ClF3N3O3/c30-22-13-7-12-19-21(22)16-23(37)27(35-25(19)18-10-5-2-6-11-18)36-28(39)20(14-15-29(31,32)33)24(26(34)38)17-8-3-1-4-9-17/h1-13,20,24,27H,14-16H2,(H2,34,38)(H,36,39)/t20-,24+,27-/m1/s1. The molecule has 2 amide bonds. The number of halogens is 4. The highest BCUT2D eigenvalue weighted by Gasteiger charge is 2.39. The number of hydrogen-bond acceptors (Lipinski definition) is 4. The molecule has 0 unspecified atom stereocenters. The number of benzene rings is 3.